The van der Waals surface area contributed by atoms with E-state index in [1.54, 1.807) is 13.8 Å². The van der Waals surface area contributed by atoms with Gasteiger partial charge >= 0.3 is 5.97 Å². The quantitative estimate of drug-likeness (QED) is 0.796. The number of benzene rings is 1. The fourth-order valence-electron chi connectivity index (χ4n) is 1.63. The molecule has 1 rings (SSSR count). The van der Waals surface area contributed by atoms with Crippen LogP contribution in [-0.2, 0) is 14.8 Å². The van der Waals surface area contributed by atoms with Crippen molar-refractivity contribution in [2.45, 2.75) is 31.3 Å². The first-order valence-corrected chi connectivity index (χ1v) is 8.11. The molecule has 0 saturated heterocycles. The van der Waals surface area contributed by atoms with Gasteiger partial charge in [0.15, 0.2) is 0 Å². The maximum Gasteiger partial charge on any atom is 0.335 e. The number of nitrogens with one attached hydrogen (secondary N) is 1. The van der Waals surface area contributed by atoms with Gasteiger partial charge in [0.25, 0.3) is 0 Å². The van der Waals surface area contributed by atoms with Crippen molar-refractivity contribution in [1.29, 1.82) is 0 Å². The molecule has 0 aliphatic rings. The number of sulfonamides is 1. The third-order valence-corrected chi connectivity index (χ3v) is 4.57. The van der Waals surface area contributed by atoms with Gasteiger partial charge in [0.1, 0.15) is 4.90 Å². The smallest absolute Gasteiger partial charge is 0.335 e. The Kier molecular flexibility index (Phi) is 5.75. The lowest BCUT2D eigenvalue weighted by atomic mass is 10.1. The fraction of sp³-hybridized carbons (Fsp3) is 0.462. The second kappa shape index (κ2) is 6.74. The molecule has 0 aliphatic heterocycles. The molecule has 0 radical (unpaired) electrons. The first kappa shape index (κ1) is 17.9. The minimum absolute atomic E-state index is 0.0385. The van der Waals surface area contributed by atoms with Crippen LogP contribution in [0.5, 0.6) is 0 Å². The summed E-state index contributed by atoms with van der Waals surface area (Å²) in [7, 11) is -3.92. The number of aromatic carboxylic acids is 1. The minimum Gasteiger partial charge on any atom is -0.478 e. The third kappa shape index (κ3) is 4.96. The summed E-state index contributed by atoms with van der Waals surface area (Å²) in [5, 5.41) is 8.88. The van der Waals surface area contributed by atoms with Gasteiger partial charge in [-0.25, -0.2) is 17.9 Å². The maximum atomic E-state index is 12.2. The van der Waals surface area contributed by atoms with E-state index in [1.165, 1.54) is 12.1 Å². The monoisotopic (exact) mass is 335 g/mol. The average Bonchev–Trinajstić information content (AvgIpc) is 2.36. The van der Waals surface area contributed by atoms with E-state index in [2.05, 4.69) is 4.72 Å². The van der Waals surface area contributed by atoms with Gasteiger partial charge in [0.2, 0.25) is 10.0 Å². The van der Waals surface area contributed by atoms with Crippen molar-refractivity contribution >= 4 is 27.6 Å². The van der Waals surface area contributed by atoms with E-state index in [0.717, 1.165) is 6.07 Å². The molecule has 2 N–H and O–H groups in total. The van der Waals surface area contributed by atoms with Crippen LogP contribution in [0.2, 0.25) is 5.02 Å². The van der Waals surface area contributed by atoms with E-state index in [0.29, 0.717) is 6.61 Å². The second-order valence-corrected chi connectivity index (χ2v) is 7.11. The zero-order valence-electron chi connectivity index (χ0n) is 12.0. The van der Waals surface area contributed by atoms with Gasteiger partial charge in [-0.3, -0.25) is 0 Å². The van der Waals surface area contributed by atoms with Crippen LogP contribution < -0.4 is 4.72 Å². The van der Waals surface area contributed by atoms with Crippen LogP contribution in [0.3, 0.4) is 0 Å². The molecular formula is C13H18ClNO5S. The standard InChI is InChI=1S/C13H18ClNO5S/c1-4-20-13(2,3)8-15-21(18,19)11-7-9(12(16)17)5-6-10(11)14/h5-7,15H,4,8H2,1-3H3,(H,16,17). The van der Waals surface area contributed by atoms with Crippen LogP contribution in [0.4, 0.5) is 0 Å². The molecule has 0 bridgehead atoms. The van der Waals surface area contributed by atoms with Gasteiger partial charge in [0, 0.05) is 13.2 Å². The molecule has 0 unspecified atom stereocenters. The van der Waals surface area contributed by atoms with Crippen LogP contribution in [0, 0.1) is 0 Å². The van der Waals surface area contributed by atoms with E-state index in [-0.39, 0.29) is 22.0 Å². The molecular weight excluding hydrogens is 318 g/mol. The Morgan fingerprint density at radius 1 is 1.43 bits per heavy atom. The lowest BCUT2D eigenvalue weighted by Crippen LogP contribution is -2.40. The topological polar surface area (TPSA) is 92.7 Å². The Balaban J connectivity index is 3.03. The first-order valence-electron chi connectivity index (χ1n) is 6.25. The van der Waals surface area contributed by atoms with Gasteiger partial charge in [-0.1, -0.05) is 11.6 Å². The van der Waals surface area contributed by atoms with E-state index >= 15 is 0 Å². The van der Waals surface area contributed by atoms with Gasteiger partial charge in [-0.15, -0.1) is 0 Å². The van der Waals surface area contributed by atoms with E-state index in [1.807, 2.05) is 6.92 Å². The summed E-state index contributed by atoms with van der Waals surface area (Å²) < 4.78 is 32.2. The SMILES string of the molecule is CCOC(C)(C)CNS(=O)(=O)c1cc(C(=O)O)ccc1Cl. The van der Waals surface area contributed by atoms with Crippen LogP contribution in [0.25, 0.3) is 0 Å². The van der Waals surface area contributed by atoms with Gasteiger partial charge in [0.05, 0.1) is 16.2 Å². The van der Waals surface area contributed by atoms with E-state index in [9.17, 15) is 13.2 Å². The zero-order valence-corrected chi connectivity index (χ0v) is 13.6. The third-order valence-electron chi connectivity index (χ3n) is 2.69. The molecule has 0 atom stereocenters. The van der Waals surface area contributed by atoms with Crippen molar-refractivity contribution in [1.82, 2.24) is 4.72 Å². The molecule has 0 spiro atoms. The molecule has 0 aliphatic carbocycles. The summed E-state index contributed by atoms with van der Waals surface area (Å²) in [4.78, 5) is 10.6. The normalized spacial score (nSPS) is 12.4. The zero-order chi connectivity index (χ0) is 16.3. The Hall–Kier alpha value is -1.15. The van der Waals surface area contributed by atoms with Crippen LogP contribution >= 0.6 is 11.6 Å². The molecule has 8 heteroatoms. The summed E-state index contributed by atoms with van der Waals surface area (Å²) in [6.07, 6.45) is 0. The van der Waals surface area contributed by atoms with Gasteiger partial charge < -0.3 is 9.84 Å². The molecule has 0 amide bonds. The van der Waals surface area contributed by atoms with Crippen molar-refractivity contribution in [3.05, 3.63) is 28.8 Å². The molecule has 0 saturated carbocycles. The lowest BCUT2D eigenvalue weighted by molar-refractivity contribution is -0.00515. The number of hydrogen-bond acceptors (Lipinski definition) is 4. The highest BCUT2D eigenvalue weighted by molar-refractivity contribution is 7.89. The molecule has 6 nitrogen and oxygen atoms in total. The fourth-order valence-corrected chi connectivity index (χ4v) is 3.35. The Morgan fingerprint density at radius 3 is 2.57 bits per heavy atom. The molecule has 0 aromatic heterocycles. The Bertz CT molecular complexity index is 627. The molecule has 118 valence electrons. The highest BCUT2D eigenvalue weighted by Crippen LogP contribution is 2.23. The number of rotatable bonds is 7. The second-order valence-electron chi connectivity index (χ2n) is 4.97. The van der Waals surface area contributed by atoms with E-state index in [4.69, 9.17) is 21.4 Å². The van der Waals surface area contributed by atoms with Crippen molar-refractivity contribution in [3.63, 3.8) is 0 Å². The molecule has 0 heterocycles. The highest BCUT2D eigenvalue weighted by Gasteiger charge is 2.24. The van der Waals surface area contributed by atoms with Crippen molar-refractivity contribution in [3.8, 4) is 0 Å². The number of carbonyl (C=O) groups is 1. The predicted octanol–water partition coefficient (Wildman–Crippen LogP) is 2.13. The Labute approximate surface area is 129 Å². The van der Waals surface area contributed by atoms with Crippen LogP contribution in [0.15, 0.2) is 23.1 Å². The molecule has 1 aromatic rings. The summed E-state index contributed by atoms with van der Waals surface area (Å²) >= 11 is 5.85. The van der Waals surface area contributed by atoms with Gasteiger partial charge in [-0.2, -0.15) is 0 Å². The number of ether oxygens (including phenoxy) is 1. The number of carboxylic acids is 1. The predicted molar refractivity (Wildman–Crippen MR) is 79.3 cm³/mol. The molecule has 1 aromatic carbocycles. The van der Waals surface area contributed by atoms with Gasteiger partial charge in [-0.05, 0) is 39.0 Å². The average molecular weight is 336 g/mol. The summed E-state index contributed by atoms with van der Waals surface area (Å²) in [6.45, 7) is 5.78. The first-order chi connectivity index (χ1) is 9.59. The highest BCUT2D eigenvalue weighted by atomic mass is 35.5. The van der Waals surface area contributed by atoms with Crippen molar-refractivity contribution < 1.29 is 23.1 Å². The largest absolute Gasteiger partial charge is 0.478 e. The maximum absolute atomic E-state index is 12.2. The number of halogens is 1. The number of hydrogen-bond donors (Lipinski definition) is 2. The van der Waals surface area contributed by atoms with E-state index < -0.39 is 21.6 Å². The molecule has 21 heavy (non-hydrogen) atoms. The summed E-state index contributed by atoms with van der Waals surface area (Å²) in [5.74, 6) is -1.22. The van der Waals surface area contributed by atoms with Crippen LogP contribution in [0.1, 0.15) is 31.1 Å². The van der Waals surface area contributed by atoms with Crippen molar-refractivity contribution in [2.24, 2.45) is 0 Å². The Morgan fingerprint density at radius 2 is 2.05 bits per heavy atom. The summed E-state index contributed by atoms with van der Waals surface area (Å²) in [5.41, 5.74) is -0.831. The minimum atomic E-state index is -3.92. The molecule has 0 fully saturated rings. The van der Waals surface area contributed by atoms with Crippen molar-refractivity contribution in [2.75, 3.05) is 13.2 Å². The van der Waals surface area contributed by atoms with Crippen LogP contribution in [-0.4, -0.2) is 38.2 Å². The lowest BCUT2D eigenvalue weighted by Gasteiger charge is -2.24. The number of carboxylic acid groups (broad SMARTS) is 1. The summed E-state index contributed by atoms with van der Waals surface area (Å²) in [6, 6.07) is 3.52.